The van der Waals surface area contributed by atoms with Gasteiger partial charge in [-0.25, -0.2) is 4.98 Å². The van der Waals surface area contributed by atoms with E-state index in [0.29, 0.717) is 12.8 Å². The van der Waals surface area contributed by atoms with E-state index in [9.17, 15) is 14.7 Å². The highest BCUT2D eigenvalue weighted by Gasteiger charge is 2.37. The van der Waals surface area contributed by atoms with Gasteiger partial charge in [0.2, 0.25) is 5.91 Å². The Balaban J connectivity index is 1.74. The summed E-state index contributed by atoms with van der Waals surface area (Å²) in [6, 6.07) is 0.0835. The molecule has 1 aliphatic heterocycles. The van der Waals surface area contributed by atoms with E-state index in [4.69, 9.17) is 0 Å². The maximum atomic E-state index is 13.0. The first-order valence-electron chi connectivity index (χ1n) is 8.51. The highest BCUT2D eigenvalue weighted by molar-refractivity contribution is 7.09. The van der Waals surface area contributed by atoms with E-state index in [1.807, 2.05) is 17.2 Å². The number of carboxylic acids is 1. The van der Waals surface area contributed by atoms with Gasteiger partial charge < -0.3 is 10.0 Å². The molecule has 2 heterocycles. The van der Waals surface area contributed by atoms with Crippen LogP contribution < -0.4 is 0 Å². The summed E-state index contributed by atoms with van der Waals surface area (Å²) >= 11 is 1.63. The van der Waals surface area contributed by atoms with E-state index in [-0.39, 0.29) is 23.8 Å². The molecule has 1 aromatic rings. The molecule has 0 spiro atoms. The molecule has 0 aromatic carbocycles. The molecule has 0 radical (unpaired) electrons. The molecular formula is C17H24N2O3S. The van der Waals surface area contributed by atoms with Crippen LogP contribution in [0.15, 0.2) is 5.38 Å². The maximum absolute atomic E-state index is 13.0. The summed E-state index contributed by atoms with van der Waals surface area (Å²) in [6.07, 6.45) is 5.97. The van der Waals surface area contributed by atoms with Crippen molar-refractivity contribution in [2.45, 2.75) is 57.9 Å². The Labute approximate surface area is 140 Å². The van der Waals surface area contributed by atoms with Crippen LogP contribution in [0.3, 0.4) is 0 Å². The number of likely N-dealkylation sites (tertiary alicyclic amines) is 1. The highest BCUT2D eigenvalue weighted by atomic mass is 32.1. The number of carbonyl (C=O) groups is 2. The quantitative estimate of drug-likeness (QED) is 0.918. The summed E-state index contributed by atoms with van der Waals surface area (Å²) in [7, 11) is 0. The molecule has 5 nitrogen and oxygen atoms in total. The predicted octanol–water partition coefficient (Wildman–Crippen LogP) is 3.40. The Kier molecular flexibility index (Phi) is 4.99. The largest absolute Gasteiger partial charge is 0.481 e. The number of rotatable bonds is 3. The summed E-state index contributed by atoms with van der Waals surface area (Å²) in [5, 5.41) is 12.3. The van der Waals surface area contributed by atoms with Crippen LogP contribution in [0.25, 0.3) is 0 Å². The van der Waals surface area contributed by atoms with Crippen molar-refractivity contribution in [1.29, 1.82) is 0 Å². The van der Waals surface area contributed by atoms with Gasteiger partial charge in [-0.05, 0) is 45.4 Å². The molecule has 1 aromatic heterocycles. The second-order valence-corrected chi connectivity index (χ2v) is 7.66. The number of aliphatic carboxylic acids is 1. The van der Waals surface area contributed by atoms with Gasteiger partial charge >= 0.3 is 5.97 Å². The SMILES string of the molecule is Cc1csc(C2CCCCN2C(=O)C2CCCC(C(=O)O)C2)n1. The van der Waals surface area contributed by atoms with Gasteiger partial charge in [-0.15, -0.1) is 11.3 Å². The van der Waals surface area contributed by atoms with E-state index >= 15 is 0 Å². The Hall–Kier alpha value is -1.43. The average molecular weight is 336 g/mol. The van der Waals surface area contributed by atoms with Crippen LogP contribution in [0, 0.1) is 18.8 Å². The molecule has 0 bridgehead atoms. The number of nitrogens with zero attached hydrogens (tertiary/aromatic N) is 2. The Morgan fingerprint density at radius 3 is 2.70 bits per heavy atom. The molecule has 2 fully saturated rings. The van der Waals surface area contributed by atoms with Crippen LogP contribution in [0.5, 0.6) is 0 Å². The third kappa shape index (κ3) is 3.57. The molecule has 23 heavy (non-hydrogen) atoms. The van der Waals surface area contributed by atoms with Crippen molar-refractivity contribution < 1.29 is 14.7 Å². The first-order chi connectivity index (χ1) is 11.1. The smallest absolute Gasteiger partial charge is 0.306 e. The molecule has 3 atom stereocenters. The number of carboxylic acid groups (broad SMARTS) is 1. The van der Waals surface area contributed by atoms with Crippen molar-refractivity contribution in [1.82, 2.24) is 9.88 Å². The lowest BCUT2D eigenvalue weighted by Gasteiger charge is -2.38. The van der Waals surface area contributed by atoms with E-state index in [1.165, 1.54) is 0 Å². The summed E-state index contributed by atoms with van der Waals surface area (Å²) in [5.41, 5.74) is 1.01. The number of hydrogen-bond acceptors (Lipinski definition) is 4. The van der Waals surface area contributed by atoms with E-state index < -0.39 is 5.97 Å². The van der Waals surface area contributed by atoms with Crippen molar-refractivity contribution in [3.05, 3.63) is 16.1 Å². The number of aryl methyl sites for hydroxylation is 1. The lowest BCUT2D eigenvalue weighted by molar-refractivity contribution is -0.146. The number of amides is 1. The van der Waals surface area contributed by atoms with Gasteiger partial charge in [-0.1, -0.05) is 6.42 Å². The Bertz CT molecular complexity index is 586. The lowest BCUT2D eigenvalue weighted by Crippen LogP contribution is -2.43. The summed E-state index contributed by atoms with van der Waals surface area (Å²) in [4.78, 5) is 30.8. The van der Waals surface area contributed by atoms with Crippen molar-refractivity contribution >= 4 is 23.2 Å². The number of piperidine rings is 1. The molecule has 3 rings (SSSR count). The van der Waals surface area contributed by atoms with Gasteiger partial charge in [0.1, 0.15) is 5.01 Å². The Morgan fingerprint density at radius 1 is 1.22 bits per heavy atom. The molecular weight excluding hydrogens is 312 g/mol. The number of hydrogen-bond donors (Lipinski definition) is 1. The summed E-state index contributed by atoms with van der Waals surface area (Å²) in [5.74, 6) is -1.10. The zero-order valence-corrected chi connectivity index (χ0v) is 14.3. The topological polar surface area (TPSA) is 70.5 Å². The predicted molar refractivity (Wildman–Crippen MR) is 88.2 cm³/mol. The van der Waals surface area contributed by atoms with Crippen LogP contribution in [0.2, 0.25) is 0 Å². The monoisotopic (exact) mass is 336 g/mol. The van der Waals surface area contributed by atoms with Gasteiger partial charge in [0.05, 0.1) is 12.0 Å². The van der Waals surface area contributed by atoms with Gasteiger partial charge in [-0.2, -0.15) is 0 Å². The minimum absolute atomic E-state index is 0.0835. The fraction of sp³-hybridized carbons (Fsp3) is 0.706. The minimum Gasteiger partial charge on any atom is -0.481 e. The number of thiazole rings is 1. The van der Waals surface area contributed by atoms with Gasteiger partial charge in [-0.3, -0.25) is 9.59 Å². The second kappa shape index (κ2) is 6.99. The van der Waals surface area contributed by atoms with Crippen LogP contribution >= 0.6 is 11.3 Å². The van der Waals surface area contributed by atoms with E-state index in [1.54, 1.807) is 11.3 Å². The van der Waals surface area contributed by atoms with Crippen LogP contribution in [0.4, 0.5) is 0 Å². The van der Waals surface area contributed by atoms with Crippen molar-refractivity contribution in [3.63, 3.8) is 0 Å². The van der Waals surface area contributed by atoms with Crippen LogP contribution in [-0.2, 0) is 9.59 Å². The van der Waals surface area contributed by atoms with Crippen molar-refractivity contribution in [3.8, 4) is 0 Å². The van der Waals surface area contributed by atoms with Gasteiger partial charge in [0.15, 0.2) is 0 Å². The fourth-order valence-corrected chi connectivity index (χ4v) is 4.79. The third-order valence-corrected chi connectivity index (χ3v) is 6.14. The normalized spacial score (nSPS) is 28.6. The standard InChI is InChI=1S/C17H24N2O3S/c1-11-10-23-15(18-11)14-7-2-3-8-19(14)16(20)12-5-4-6-13(9-12)17(21)22/h10,12-14H,2-9H2,1H3,(H,21,22). The molecule has 1 N–H and O–H groups in total. The second-order valence-electron chi connectivity index (χ2n) is 6.77. The first-order valence-corrected chi connectivity index (χ1v) is 9.39. The van der Waals surface area contributed by atoms with E-state index in [0.717, 1.165) is 49.4 Å². The fourth-order valence-electron chi connectivity index (χ4n) is 3.85. The van der Waals surface area contributed by atoms with Crippen LogP contribution in [-0.4, -0.2) is 33.4 Å². The number of aromatic nitrogens is 1. The molecule has 6 heteroatoms. The average Bonchev–Trinajstić information content (AvgIpc) is 3.00. The third-order valence-electron chi connectivity index (χ3n) is 5.08. The van der Waals surface area contributed by atoms with Crippen molar-refractivity contribution in [2.75, 3.05) is 6.54 Å². The lowest BCUT2D eigenvalue weighted by atomic mass is 9.80. The number of carbonyl (C=O) groups excluding carboxylic acids is 1. The Morgan fingerprint density at radius 2 is 2.00 bits per heavy atom. The molecule has 1 saturated carbocycles. The van der Waals surface area contributed by atoms with Crippen LogP contribution in [0.1, 0.15) is 61.7 Å². The maximum Gasteiger partial charge on any atom is 0.306 e. The highest BCUT2D eigenvalue weighted by Crippen LogP contribution is 2.37. The zero-order chi connectivity index (χ0) is 16.4. The summed E-state index contributed by atoms with van der Waals surface area (Å²) in [6.45, 7) is 2.75. The molecule has 126 valence electrons. The first kappa shape index (κ1) is 16.4. The molecule has 1 aliphatic carbocycles. The van der Waals surface area contributed by atoms with Gasteiger partial charge in [0, 0.05) is 23.5 Å². The minimum atomic E-state index is -0.756. The molecule has 2 aliphatic rings. The molecule has 3 unspecified atom stereocenters. The molecule has 1 amide bonds. The van der Waals surface area contributed by atoms with Crippen molar-refractivity contribution in [2.24, 2.45) is 11.8 Å². The van der Waals surface area contributed by atoms with E-state index in [2.05, 4.69) is 4.98 Å². The summed E-state index contributed by atoms with van der Waals surface area (Å²) < 4.78 is 0. The zero-order valence-electron chi connectivity index (χ0n) is 13.5. The molecule has 1 saturated heterocycles. The van der Waals surface area contributed by atoms with Gasteiger partial charge in [0.25, 0.3) is 0 Å².